The maximum atomic E-state index is 12.2. The van der Waals surface area contributed by atoms with Gasteiger partial charge in [0.2, 0.25) is 5.91 Å². The van der Waals surface area contributed by atoms with Gasteiger partial charge in [-0.3, -0.25) is 9.69 Å². The van der Waals surface area contributed by atoms with Crippen molar-refractivity contribution >= 4 is 5.91 Å². The van der Waals surface area contributed by atoms with Gasteiger partial charge in [0.05, 0.1) is 6.54 Å². The summed E-state index contributed by atoms with van der Waals surface area (Å²) in [5.41, 5.74) is 0. The van der Waals surface area contributed by atoms with Crippen molar-refractivity contribution < 1.29 is 4.79 Å². The van der Waals surface area contributed by atoms with Crippen LogP contribution >= 0.6 is 0 Å². The fraction of sp³-hybridized carbons (Fsp3) is 0.938. The quantitative estimate of drug-likeness (QED) is 0.807. The summed E-state index contributed by atoms with van der Waals surface area (Å²) in [4.78, 5) is 16.5. The number of likely N-dealkylation sites (N-methyl/N-ethyl adjacent to an activating group) is 1. The van der Waals surface area contributed by atoms with Crippen molar-refractivity contribution in [3.05, 3.63) is 0 Å². The predicted octanol–water partition coefficient (Wildman–Crippen LogP) is 1.85. The van der Waals surface area contributed by atoms with E-state index in [1.165, 1.54) is 38.5 Å². The minimum absolute atomic E-state index is 0.282. The molecule has 0 saturated carbocycles. The Hall–Kier alpha value is -0.610. The first-order chi connectivity index (χ1) is 9.65. The average Bonchev–Trinajstić information content (AvgIpc) is 2.44. The van der Waals surface area contributed by atoms with E-state index in [4.69, 9.17) is 0 Å². The molecule has 4 heteroatoms. The topological polar surface area (TPSA) is 35.6 Å². The Labute approximate surface area is 123 Å². The molecule has 0 spiro atoms. The number of nitrogens with one attached hydrogen (secondary N) is 1. The van der Waals surface area contributed by atoms with Gasteiger partial charge in [0.25, 0.3) is 0 Å². The second-order valence-electron chi connectivity index (χ2n) is 6.44. The summed E-state index contributed by atoms with van der Waals surface area (Å²) in [6, 6.07) is 1.90. The van der Waals surface area contributed by atoms with E-state index < -0.39 is 0 Å². The van der Waals surface area contributed by atoms with Crippen molar-refractivity contribution in [2.75, 3.05) is 26.7 Å². The zero-order valence-electron chi connectivity index (χ0n) is 13.4. The molecular formula is C16H31N3O. The third kappa shape index (κ3) is 3.73. The van der Waals surface area contributed by atoms with E-state index in [9.17, 15) is 4.79 Å². The lowest BCUT2D eigenvalue weighted by Gasteiger charge is -2.49. The Bertz CT molecular complexity index is 307. The Balaban J connectivity index is 1.92. The van der Waals surface area contributed by atoms with Crippen LogP contribution in [0.3, 0.4) is 0 Å². The van der Waals surface area contributed by atoms with Gasteiger partial charge in [0.15, 0.2) is 0 Å². The molecule has 2 unspecified atom stereocenters. The SMILES string of the molecule is CCCNC1CC2CCCC(C1)N2CC(=O)N(C)CC. The van der Waals surface area contributed by atoms with Gasteiger partial charge >= 0.3 is 0 Å². The summed E-state index contributed by atoms with van der Waals surface area (Å²) >= 11 is 0. The lowest BCUT2D eigenvalue weighted by atomic mass is 9.81. The normalized spacial score (nSPS) is 30.2. The summed E-state index contributed by atoms with van der Waals surface area (Å²) in [5.74, 6) is 0.282. The van der Waals surface area contributed by atoms with Crippen LogP contribution in [0.4, 0.5) is 0 Å². The molecule has 2 heterocycles. The number of amides is 1. The van der Waals surface area contributed by atoms with Crippen molar-refractivity contribution in [3.63, 3.8) is 0 Å². The minimum Gasteiger partial charge on any atom is -0.345 e. The second-order valence-corrected chi connectivity index (χ2v) is 6.44. The zero-order valence-corrected chi connectivity index (χ0v) is 13.4. The van der Waals surface area contributed by atoms with E-state index in [-0.39, 0.29) is 5.91 Å². The highest BCUT2D eigenvalue weighted by atomic mass is 16.2. The Morgan fingerprint density at radius 3 is 2.45 bits per heavy atom. The van der Waals surface area contributed by atoms with Crippen LogP contribution in [0.2, 0.25) is 0 Å². The maximum absolute atomic E-state index is 12.2. The van der Waals surface area contributed by atoms with Gasteiger partial charge in [0.1, 0.15) is 0 Å². The van der Waals surface area contributed by atoms with E-state index in [0.717, 1.165) is 13.1 Å². The van der Waals surface area contributed by atoms with Gasteiger partial charge in [-0.15, -0.1) is 0 Å². The first kappa shape index (κ1) is 15.8. The van der Waals surface area contributed by atoms with Crippen molar-refractivity contribution in [1.29, 1.82) is 0 Å². The van der Waals surface area contributed by atoms with Gasteiger partial charge in [-0.05, 0) is 45.6 Å². The largest absolute Gasteiger partial charge is 0.345 e. The molecule has 116 valence electrons. The Kier molecular flexibility index (Phi) is 5.85. The van der Waals surface area contributed by atoms with Crippen LogP contribution < -0.4 is 5.32 Å². The summed E-state index contributed by atoms with van der Waals surface area (Å²) in [6.07, 6.45) is 7.52. The number of nitrogens with zero attached hydrogens (tertiary/aromatic N) is 2. The fourth-order valence-corrected chi connectivity index (χ4v) is 3.71. The molecule has 0 aromatic carbocycles. The molecule has 2 aliphatic rings. The number of hydrogen-bond acceptors (Lipinski definition) is 3. The summed E-state index contributed by atoms with van der Waals surface area (Å²) in [5, 5.41) is 3.69. The molecule has 0 aromatic heterocycles. The molecule has 2 bridgehead atoms. The summed E-state index contributed by atoms with van der Waals surface area (Å²) < 4.78 is 0. The molecule has 4 nitrogen and oxygen atoms in total. The second kappa shape index (κ2) is 7.41. The van der Waals surface area contributed by atoms with Gasteiger partial charge < -0.3 is 10.2 Å². The van der Waals surface area contributed by atoms with Crippen LogP contribution in [0.5, 0.6) is 0 Å². The van der Waals surface area contributed by atoms with Crippen LogP contribution in [0.25, 0.3) is 0 Å². The molecule has 2 atom stereocenters. The molecule has 2 rings (SSSR count). The van der Waals surface area contributed by atoms with Crippen molar-refractivity contribution in [3.8, 4) is 0 Å². The number of carbonyl (C=O) groups is 1. The third-order valence-corrected chi connectivity index (χ3v) is 5.03. The lowest BCUT2D eigenvalue weighted by Crippen LogP contribution is -2.58. The molecule has 2 aliphatic heterocycles. The van der Waals surface area contributed by atoms with Crippen molar-refractivity contribution in [1.82, 2.24) is 15.1 Å². The van der Waals surface area contributed by atoms with Crippen LogP contribution in [0.15, 0.2) is 0 Å². The number of rotatable bonds is 6. The van der Waals surface area contributed by atoms with Crippen LogP contribution in [0.1, 0.15) is 52.4 Å². The van der Waals surface area contributed by atoms with Crippen LogP contribution in [0, 0.1) is 0 Å². The number of fused-ring (bicyclic) bond motifs is 2. The van der Waals surface area contributed by atoms with Gasteiger partial charge in [-0.25, -0.2) is 0 Å². The molecule has 0 aromatic rings. The molecule has 1 N–H and O–H groups in total. The van der Waals surface area contributed by atoms with E-state index in [2.05, 4.69) is 17.1 Å². The first-order valence-corrected chi connectivity index (χ1v) is 8.38. The number of hydrogen-bond donors (Lipinski definition) is 1. The van der Waals surface area contributed by atoms with Crippen molar-refractivity contribution in [2.45, 2.75) is 70.5 Å². The molecule has 2 saturated heterocycles. The van der Waals surface area contributed by atoms with Crippen LogP contribution in [-0.2, 0) is 4.79 Å². The Morgan fingerprint density at radius 1 is 1.25 bits per heavy atom. The van der Waals surface area contributed by atoms with Gasteiger partial charge in [0, 0.05) is 31.7 Å². The van der Waals surface area contributed by atoms with Gasteiger partial charge in [-0.2, -0.15) is 0 Å². The molecule has 1 amide bonds. The van der Waals surface area contributed by atoms with E-state index in [1.807, 2.05) is 18.9 Å². The maximum Gasteiger partial charge on any atom is 0.236 e. The van der Waals surface area contributed by atoms with Crippen LogP contribution in [-0.4, -0.2) is 60.5 Å². The molecule has 20 heavy (non-hydrogen) atoms. The number of piperidine rings is 2. The fourth-order valence-electron chi connectivity index (χ4n) is 3.71. The zero-order chi connectivity index (χ0) is 14.5. The summed E-state index contributed by atoms with van der Waals surface area (Å²) in [7, 11) is 1.91. The average molecular weight is 281 g/mol. The highest BCUT2D eigenvalue weighted by Gasteiger charge is 2.38. The molecule has 2 fully saturated rings. The molecule has 0 aliphatic carbocycles. The lowest BCUT2D eigenvalue weighted by molar-refractivity contribution is -0.133. The minimum atomic E-state index is 0.282. The van der Waals surface area contributed by atoms with Gasteiger partial charge in [-0.1, -0.05) is 13.3 Å². The van der Waals surface area contributed by atoms with Crippen molar-refractivity contribution in [2.24, 2.45) is 0 Å². The molecular weight excluding hydrogens is 250 g/mol. The monoisotopic (exact) mass is 281 g/mol. The standard InChI is InChI=1S/C16H31N3O/c1-4-9-17-13-10-14-7-6-8-15(11-13)19(14)12-16(20)18(3)5-2/h13-15,17H,4-12H2,1-3H3. The summed E-state index contributed by atoms with van der Waals surface area (Å²) in [6.45, 7) is 6.83. The smallest absolute Gasteiger partial charge is 0.236 e. The Morgan fingerprint density at radius 2 is 1.90 bits per heavy atom. The first-order valence-electron chi connectivity index (χ1n) is 8.38. The third-order valence-electron chi connectivity index (χ3n) is 5.03. The van der Waals surface area contributed by atoms with E-state index in [0.29, 0.717) is 24.7 Å². The van der Waals surface area contributed by atoms with E-state index >= 15 is 0 Å². The number of carbonyl (C=O) groups excluding carboxylic acids is 1. The predicted molar refractivity (Wildman–Crippen MR) is 82.8 cm³/mol. The highest BCUT2D eigenvalue weighted by Crippen LogP contribution is 2.33. The van der Waals surface area contributed by atoms with E-state index in [1.54, 1.807) is 0 Å². The highest BCUT2D eigenvalue weighted by molar-refractivity contribution is 5.78. The molecule has 0 radical (unpaired) electrons.